The summed E-state index contributed by atoms with van der Waals surface area (Å²) in [5.74, 6) is 0.0136. The first-order chi connectivity index (χ1) is 13.8. The van der Waals surface area contributed by atoms with Gasteiger partial charge in [-0.15, -0.1) is 5.10 Å². The average Bonchev–Trinajstić information content (AvgIpc) is 3.13. The van der Waals surface area contributed by atoms with E-state index in [0.717, 1.165) is 30.0 Å². The predicted octanol–water partition coefficient (Wildman–Crippen LogP) is 4.07. The second-order valence-corrected chi connectivity index (χ2v) is 6.92. The number of amides is 1. The minimum Gasteiger partial charge on any atom is -0.494 e. The van der Waals surface area contributed by atoms with Crippen molar-refractivity contribution in [2.24, 2.45) is 0 Å². The Labute approximate surface area is 172 Å². The largest absolute Gasteiger partial charge is 0.494 e. The summed E-state index contributed by atoms with van der Waals surface area (Å²) in [5, 5.41) is 13.7. The number of halogens is 4. The van der Waals surface area contributed by atoms with Crippen LogP contribution in [0.1, 0.15) is 5.56 Å². The van der Waals surface area contributed by atoms with Crippen molar-refractivity contribution in [3.05, 3.63) is 53.1 Å². The molecule has 12 heteroatoms. The molecule has 0 atom stereocenters. The molecule has 29 heavy (non-hydrogen) atoms. The Hall–Kier alpha value is -2.79. The van der Waals surface area contributed by atoms with E-state index >= 15 is 0 Å². The van der Waals surface area contributed by atoms with E-state index in [2.05, 4.69) is 20.8 Å². The number of para-hydroxylation sites is 2. The number of ether oxygens (including phenoxy) is 1. The fourth-order valence-electron chi connectivity index (χ4n) is 2.37. The van der Waals surface area contributed by atoms with Gasteiger partial charge < -0.3 is 10.1 Å². The number of thioether (sulfide) groups is 1. The fraction of sp³-hybridized carbons (Fsp3) is 0.176. The number of alkyl halides is 3. The predicted molar refractivity (Wildman–Crippen MR) is 102 cm³/mol. The summed E-state index contributed by atoms with van der Waals surface area (Å²) < 4.78 is 44.9. The molecule has 0 saturated carbocycles. The number of carbonyl (C=O) groups is 1. The quantitative estimate of drug-likeness (QED) is 0.578. The maximum atomic E-state index is 12.7. The number of carbonyl (C=O) groups excluding carboxylic acids is 1. The molecule has 0 radical (unpaired) electrons. The van der Waals surface area contributed by atoms with E-state index in [1.54, 1.807) is 24.3 Å². The van der Waals surface area contributed by atoms with E-state index in [9.17, 15) is 18.0 Å². The summed E-state index contributed by atoms with van der Waals surface area (Å²) >= 11 is 6.71. The molecule has 0 saturated heterocycles. The maximum Gasteiger partial charge on any atom is 0.417 e. The first-order valence-electron chi connectivity index (χ1n) is 8.00. The molecule has 0 spiro atoms. The topological polar surface area (TPSA) is 81.9 Å². The van der Waals surface area contributed by atoms with E-state index in [1.807, 2.05) is 0 Å². The number of hydrogen-bond acceptors (Lipinski definition) is 6. The van der Waals surface area contributed by atoms with Gasteiger partial charge in [0.05, 0.1) is 23.4 Å². The molecule has 152 valence electrons. The van der Waals surface area contributed by atoms with Crippen LogP contribution in [0.15, 0.2) is 47.6 Å². The molecule has 2 aromatic carbocycles. The van der Waals surface area contributed by atoms with Crippen molar-refractivity contribution in [2.45, 2.75) is 11.3 Å². The summed E-state index contributed by atoms with van der Waals surface area (Å²) in [4.78, 5) is 12.2. The van der Waals surface area contributed by atoms with Gasteiger partial charge in [-0.2, -0.15) is 17.9 Å². The first-order valence-corrected chi connectivity index (χ1v) is 9.37. The summed E-state index contributed by atoms with van der Waals surface area (Å²) in [5.41, 5.74) is -0.224. The normalized spacial score (nSPS) is 11.3. The zero-order chi connectivity index (χ0) is 21.0. The Kier molecular flexibility index (Phi) is 6.28. The molecule has 1 amide bonds. The molecule has 3 rings (SSSR count). The molecule has 0 fully saturated rings. The molecule has 0 aliphatic carbocycles. The second kappa shape index (κ2) is 8.70. The average molecular weight is 444 g/mol. The minimum atomic E-state index is -4.56. The molecule has 7 nitrogen and oxygen atoms in total. The van der Waals surface area contributed by atoms with Gasteiger partial charge in [-0.25, -0.2) is 0 Å². The van der Waals surface area contributed by atoms with E-state index in [4.69, 9.17) is 16.3 Å². The van der Waals surface area contributed by atoms with Gasteiger partial charge in [0.2, 0.25) is 11.1 Å². The van der Waals surface area contributed by atoms with Crippen molar-refractivity contribution in [1.82, 2.24) is 20.2 Å². The monoisotopic (exact) mass is 443 g/mol. The van der Waals surface area contributed by atoms with E-state index in [-0.39, 0.29) is 11.4 Å². The van der Waals surface area contributed by atoms with Gasteiger partial charge >= 0.3 is 6.18 Å². The zero-order valence-corrected chi connectivity index (χ0v) is 16.3. The molecule has 1 aromatic heterocycles. The van der Waals surface area contributed by atoms with Gasteiger partial charge in [0, 0.05) is 5.69 Å². The van der Waals surface area contributed by atoms with E-state index in [1.165, 1.54) is 11.8 Å². The number of methoxy groups -OCH3 is 1. The molecule has 0 unspecified atom stereocenters. The SMILES string of the molecule is COc1ccccc1-n1nnnc1SCC(=O)Nc1ccc(C(F)(F)F)c(Cl)c1. The van der Waals surface area contributed by atoms with Crippen LogP contribution in [0.5, 0.6) is 5.75 Å². The lowest BCUT2D eigenvalue weighted by atomic mass is 10.2. The lowest BCUT2D eigenvalue weighted by Gasteiger charge is -2.11. The van der Waals surface area contributed by atoms with Gasteiger partial charge in [-0.1, -0.05) is 35.5 Å². The summed E-state index contributed by atoms with van der Waals surface area (Å²) in [6.07, 6.45) is -4.56. The Balaban J connectivity index is 1.67. The van der Waals surface area contributed by atoms with Gasteiger partial charge in [-0.3, -0.25) is 4.79 Å². The maximum absolute atomic E-state index is 12.7. The Bertz CT molecular complexity index is 1030. The lowest BCUT2D eigenvalue weighted by molar-refractivity contribution is -0.137. The van der Waals surface area contributed by atoms with Crippen LogP contribution >= 0.6 is 23.4 Å². The Morgan fingerprint density at radius 3 is 2.72 bits per heavy atom. The standard InChI is InChI=1S/C17H13ClF3N5O2S/c1-28-14-5-3-2-4-13(14)26-16(23-24-25-26)29-9-15(27)22-10-6-7-11(12(18)8-10)17(19,20)21/h2-8H,9H2,1H3,(H,22,27). The van der Waals surface area contributed by atoms with Gasteiger partial charge in [0.1, 0.15) is 11.4 Å². The number of tetrazole rings is 1. The van der Waals surface area contributed by atoms with Crippen molar-refractivity contribution in [3.8, 4) is 11.4 Å². The molecular formula is C17H13ClF3N5O2S. The Morgan fingerprint density at radius 1 is 1.28 bits per heavy atom. The highest BCUT2D eigenvalue weighted by atomic mass is 35.5. The van der Waals surface area contributed by atoms with Gasteiger partial charge in [0.25, 0.3) is 0 Å². The molecular weight excluding hydrogens is 431 g/mol. The van der Waals surface area contributed by atoms with Gasteiger partial charge in [0.15, 0.2) is 0 Å². The highest BCUT2D eigenvalue weighted by molar-refractivity contribution is 7.99. The molecule has 0 aliphatic heterocycles. The van der Waals surface area contributed by atoms with Crippen LogP contribution in [0.25, 0.3) is 5.69 Å². The van der Waals surface area contributed by atoms with Crippen LogP contribution in [0.2, 0.25) is 5.02 Å². The highest BCUT2D eigenvalue weighted by Gasteiger charge is 2.33. The van der Waals surface area contributed by atoms with Crippen LogP contribution in [-0.2, 0) is 11.0 Å². The van der Waals surface area contributed by atoms with Crippen LogP contribution < -0.4 is 10.1 Å². The van der Waals surface area contributed by atoms with Crippen LogP contribution in [0, 0.1) is 0 Å². The number of aromatic nitrogens is 4. The molecule has 0 bridgehead atoms. The number of nitrogens with one attached hydrogen (secondary N) is 1. The van der Waals surface area contributed by atoms with Crippen molar-refractivity contribution in [2.75, 3.05) is 18.2 Å². The number of benzene rings is 2. The number of nitrogens with zero attached hydrogens (tertiary/aromatic N) is 4. The highest BCUT2D eigenvalue weighted by Crippen LogP contribution is 2.36. The van der Waals surface area contributed by atoms with Crippen LogP contribution in [0.4, 0.5) is 18.9 Å². The van der Waals surface area contributed by atoms with Crippen LogP contribution in [0.3, 0.4) is 0 Å². The number of anilines is 1. The molecule has 1 heterocycles. The number of hydrogen-bond donors (Lipinski definition) is 1. The molecule has 0 aliphatic rings. The third-order valence-electron chi connectivity index (χ3n) is 3.64. The first kappa shape index (κ1) is 20.9. The van der Waals surface area contributed by atoms with E-state index < -0.39 is 22.7 Å². The smallest absolute Gasteiger partial charge is 0.417 e. The fourth-order valence-corrected chi connectivity index (χ4v) is 3.35. The molecule has 3 aromatic rings. The van der Waals surface area contributed by atoms with E-state index in [0.29, 0.717) is 16.6 Å². The number of rotatable bonds is 6. The van der Waals surface area contributed by atoms with Gasteiger partial charge in [-0.05, 0) is 40.8 Å². The molecule has 1 N–H and O–H groups in total. The lowest BCUT2D eigenvalue weighted by Crippen LogP contribution is -2.15. The third kappa shape index (κ3) is 4.98. The van der Waals surface area contributed by atoms with Crippen molar-refractivity contribution in [1.29, 1.82) is 0 Å². The second-order valence-electron chi connectivity index (χ2n) is 5.57. The van der Waals surface area contributed by atoms with Crippen LogP contribution in [-0.4, -0.2) is 39.0 Å². The zero-order valence-electron chi connectivity index (χ0n) is 14.8. The van der Waals surface area contributed by atoms with Crippen molar-refractivity contribution in [3.63, 3.8) is 0 Å². The van der Waals surface area contributed by atoms with Crippen molar-refractivity contribution < 1.29 is 22.7 Å². The third-order valence-corrected chi connectivity index (χ3v) is 4.88. The summed E-state index contributed by atoms with van der Waals surface area (Å²) in [6, 6.07) is 10.1. The summed E-state index contributed by atoms with van der Waals surface area (Å²) in [6.45, 7) is 0. The minimum absolute atomic E-state index is 0.0752. The summed E-state index contributed by atoms with van der Waals surface area (Å²) in [7, 11) is 1.51. The van der Waals surface area contributed by atoms with Crippen molar-refractivity contribution >= 4 is 35.0 Å². The Morgan fingerprint density at radius 2 is 2.03 bits per heavy atom.